The molecule has 1 unspecified atom stereocenters. The minimum absolute atomic E-state index is 0.261. The lowest BCUT2D eigenvalue weighted by atomic mass is 10.1. The first kappa shape index (κ1) is 13.0. The molecule has 0 bridgehead atoms. The number of hydrogen-bond donors (Lipinski definition) is 1. The van der Waals surface area contributed by atoms with E-state index in [-0.39, 0.29) is 11.8 Å². The van der Waals surface area contributed by atoms with Gasteiger partial charge in [0.25, 0.3) is 0 Å². The molecule has 3 heteroatoms. The van der Waals surface area contributed by atoms with Crippen LogP contribution in [0.25, 0.3) is 0 Å². The third-order valence-corrected chi connectivity index (χ3v) is 2.22. The van der Waals surface area contributed by atoms with Crippen molar-refractivity contribution in [1.82, 2.24) is 0 Å². The van der Waals surface area contributed by atoms with Crippen molar-refractivity contribution in [2.45, 2.75) is 25.8 Å². The molecule has 0 spiro atoms. The van der Waals surface area contributed by atoms with Gasteiger partial charge in [-0.3, -0.25) is 4.79 Å². The fourth-order valence-corrected chi connectivity index (χ4v) is 1.34. The Bertz CT molecular complexity index is 503. The van der Waals surface area contributed by atoms with Crippen LogP contribution in [0.15, 0.2) is 24.3 Å². The summed E-state index contributed by atoms with van der Waals surface area (Å²) in [7, 11) is 0. The van der Waals surface area contributed by atoms with Gasteiger partial charge in [0.1, 0.15) is 0 Å². The molecule has 0 fully saturated rings. The predicted octanol–water partition coefficient (Wildman–Crippen LogP) is 1.87. The van der Waals surface area contributed by atoms with Gasteiger partial charge in [-0.1, -0.05) is 31.4 Å². The van der Waals surface area contributed by atoms with Gasteiger partial charge in [0, 0.05) is 5.56 Å². The van der Waals surface area contributed by atoms with Crippen molar-refractivity contribution in [2.75, 3.05) is 0 Å². The van der Waals surface area contributed by atoms with Crippen LogP contribution < -0.4 is 5.73 Å². The van der Waals surface area contributed by atoms with E-state index in [4.69, 9.17) is 11.0 Å². The summed E-state index contributed by atoms with van der Waals surface area (Å²) in [5, 5.41) is 8.71. The van der Waals surface area contributed by atoms with Crippen LogP contribution in [0, 0.1) is 23.2 Å². The number of Topliss-reactive ketones (excluding diaryl/α,β-unsaturated/α-hetero) is 1. The minimum atomic E-state index is -0.298. The molecule has 3 nitrogen and oxygen atoms in total. The molecular formula is C14H14N2O. The molecule has 0 amide bonds. The lowest BCUT2D eigenvalue weighted by molar-refractivity contribution is 0.105. The molecule has 0 radical (unpaired) electrons. The molecule has 86 valence electrons. The summed E-state index contributed by atoms with van der Waals surface area (Å²) in [5.74, 6) is 4.93. The van der Waals surface area contributed by atoms with Crippen LogP contribution in [0.4, 0.5) is 0 Å². The molecule has 0 heterocycles. The maximum absolute atomic E-state index is 11.7. The van der Waals surface area contributed by atoms with Crippen molar-refractivity contribution in [3.05, 3.63) is 35.4 Å². The zero-order valence-corrected chi connectivity index (χ0v) is 9.73. The van der Waals surface area contributed by atoms with Gasteiger partial charge >= 0.3 is 0 Å². The van der Waals surface area contributed by atoms with Crippen LogP contribution in [0.3, 0.4) is 0 Å². The Hall–Kier alpha value is -2.10. The zero-order chi connectivity index (χ0) is 12.7. The second kappa shape index (κ2) is 6.48. The standard InChI is InChI=1S/C14H14N2O/c1-2-4-13(16)7-8-14(17)12-6-3-5-11(9-12)10-15/h3,5-6,9,13H,2,4,16H2,1H3. The molecule has 1 rings (SSSR count). The molecule has 0 saturated carbocycles. The summed E-state index contributed by atoms with van der Waals surface area (Å²) in [6.07, 6.45) is 1.71. The monoisotopic (exact) mass is 226 g/mol. The van der Waals surface area contributed by atoms with E-state index in [2.05, 4.69) is 11.8 Å². The summed E-state index contributed by atoms with van der Waals surface area (Å²) < 4.78 is 0. The Labute approximate surface area is 101 Å². The molecule has 0 aliphatic carbocycles. The van der Waals surface area contributed by atoms with Crippen molar-refractivity contribution >= 4 is 5.78 Å². The number of nitriles is 1. The zero-order valence-electron chi connectivity index (χ0n) is 9.73. The van der Waals surface area contributed by atoms with Crippen LogP contribution in [0.5, 0.6) is 0 Å². The number of carbonyl (C=O) groups is 1. The molecule has 1 atom stereocenters. The van der Waals surface area contributed by atoms with Gasteiger partial charge in [-0.15, -0.1) is 0 Å². The van der Waals surface area contributed by atoms with Gasteiger partial charge in [-0.2, -0.15) is 5.26 Å². The highest BCUT2D eigenvalue weighted by Gasteiger charge is 2.03. The molecule has 17 heavy (non-hydrogen) atoms. The predicted molar refractivity (Wildman–Crippen MR) is 66.1 cm³/mol. The number of rotatable bonds is 3. The van der Waals surface area contributed by atoms with E-state index in [1.54, 1.807) is 18.2 Å². The van der Waals surface area contributed by atoms with E-state index >= 15 is 0 Å². The lowest BCUT2D eigenvalue weighted by Crippen LogP contribution is -2.17. The van der Waals surface area contributed by atoms with Crippen molar-refractivity contribution in [1.29, 1.82) is 5.26 Å². The Morgan fingerprint density at radius 1 is 1.53 bits per heavy atom. The maximum Gasteiger partial charge on any atom is 0.235 e. The maximum atomic E-state index is 11.7. The van der Waals surface area contributed by atoms with Gasteiger partial charge in [0.05, 0.1) is 17.7 Å². The van der Waals surface area contributed by atoms with E-state index in [9.17, 15) is 4.79 Å². The first-order valence-corrected chi connectivity index (χ1v) is 5.49. The molecule has 0 aromatic heterocycles. The van der Waals surface area contributed by atoms with E-state index in [0.29, 0.717) is 11.1 Å². The number of benzene rings is 1. The highest BCUT2D eigenvalue weighted by atomic mass is 16.1. The molecule has 0 aliphatic rings. The molecule has 0 saturated heterocycles. The molecule has 2 N–H and O–H groups in total. The van der Waals surface area contributed by atoms with E-state index in [0.717, 1.165) is 12.8 Å². The van der Waals surface area contributed by atoms with Crippen LogP contribution in [-0.2, 0) is 0 Å². The summed E-state index contributed by atoms with van der Waals surface area (Å²) >= 11 is 0. The van der Waals surface area contributed by atoms with Gasteiger partial charge in [0.15, 0.2) is 0 Å². The van der Waals surface area contributed by atoms with Crippen LogP contribution in [-0.4, -0.2) is 11.8 Å². The average molecular weight is 226 g/mol. The SMILES string of the molecule is CCCC(N)C#CC(=O)c1cccc(C#N)c1. The van der Waals surface area contributed by atoms with Crippen molar-refractivity contribution < 1.29 is 4.79 Å². The third-order valence-electron chi connectivity index (χ3n) is 2.22. The molecule has 1 aromatic rings. The van der Waals surface area contributed by atoms with Crippen molar-refractivity contribution in [3.8, 4) is 17.9 Å². The van der Waals surface area contributed by atoms with Crippen molar-refractivity contribution in [3.63, 3.8) is 0 Å². The largest absolute Gasteiger partial charge is 0.318 e. The molecule has 1 aromatic carbocycles. The first-order valence-electron chi connectivity index (χ1n) is 5.49. The van der Waals surface area contributed by atoms with E-state index < -0.39 is 0 Å². The van der Waals surface area contributed by atoms with Gasteiger partial charge < -0.3 is 5.73 Å². The Balaban J connectivity index is 2.80. The smallest absolute Gasteiger partial charge is 0.235 e. The molecule has 0 aliphatic heterocycles. The fraction of sp³-hybridized carbons (Fsp3) is 0.286. The van der Waals surface area contributed by atoms with Crippen LogP contribution >= 0.6 is 0 Å². The van der Waals surface area contributed by atoms with Gasteiger partial charge in [-0.25, -0.2) is 0 Å². The lowest BCUT2D eigenvalue weighted by Gasteiger charge is -1.99. The quantitative estimate of drug-likeness (QED) is 0.486. The summed E-state index contributed by atoms with van der Waals surface area (Å²) in [4.78, 5) is 11.7. The number of nitrogens with two attached hydrogens (primary N) is 1. The summed E-state index contributed by atoms with van der Waals surface area (Å²) in [6.45, 7) is 2.01. The number of ketones is 1. The average Bonchev–Trinajstić information content (AvgIpc) is 2.36. The van der Waals surface area contributed by atoms with Crippen LogP contribution in [0.1, 0.15) is 35.7 Å². The summed E-state index contributed by atoms with van der Waals surface area (Å²) in [6, 6.07) is 8.21. The fourth-order valence-electron chi connectivity index (χ4n) is 1.34. The minimum Gasteiger partial charge on any atom is -0.318 e. The summed E-state index contributed by atoms with van der Waals surface area (Å²) in [5.41, 5.74) is 6.57. The normalized spacial score (nSPS) is 10.9. The Morgan fingerprint density at radius 2 is 2.29 bits per heavy atom. The number of carbonyl (C=O) groups excluding carboxylic acids is 1. The first-order chi connectivity index (χ1) is 8.17. The Morgan fingerprint density at radius 3 is 2.94 bits per heavy atom. The van der Waals surface area contributed by atoms with E-state index in [1.807, 2.05) is 13.0 Å². The highest BCUT2D eigenvalue weighted by Crippen LogP contribution is 2.04. The second-order valence-corrected chi connectivity index (χ2v) is 3.69. The van der Waals surface area contributed by atoms with Gasteiger partial charge in [-0.05, 0) is 24.5 Å². The number of nitrogens with zero attached hydrogens (tertiary/aromatic N) is 1. The van der Waals surface area contributed by atoms with Crippen molar-refractivity contribution in [2.24, 2.45) is 5.73 Å². The topological polar surface area (TPSA) is 66.9 Å². The second-order valence-electron chi connectivity index (χ2n) is 3.69. The van der Waals surface area contributed by atoms with Gasteiger partial charge in [0.2, 0.25) is 5.78 Å². The van der Waals surface area contributed by atoms with Crippen LogP contribution in [0.2, 0.25) is 0 Å². The highest BCUT2D eigenvalue weighted by molar-refractivity contribution is 6.09. The molecular weight excluding hydrogens is 212 g/mol. The number of hydrogen-bond acceptors (Lipinski definition) is 3. The Kier molecular flexibility index (Phi) is 4.94. The van der Waals surface area contributed by atoms with E-state index in [1.165, 1.54) is 6.07 Å². The third kappa shape index (κ3) is 4.10.